The highest BCUT2D eigenvalue weighted by atomic mass is 19.1. The fourth-order valence-electron chi connectivity index (χ4n) is 2.26. The molecule has 110 valence electrons. The number of rotatable bonds is 3. The van der Waals surface area contributed by atoms with Crippen LogP contribution in [-0.2, 0) is 0 Å². The monoisotopic (exact) mass is 289 g/mol. The summed E-state index contributed by atoms with van der Waals surface area (Å²) < 4.78 is 18.2. The third-order valence-corrected chi connectivity index (χ3v) is 3.47. The predicted molar refractivity (Wildman–Crippen MR) is 76.0 cm³/mol. The smallest absolute Gasteiger partial charge is 0.322 e. The lowest BCUT2D eigenvalue weighted by Gasteiger charge is -2.30. The van der Waals surface area contributed by atoms with E-state index in [1.165, 1.54) is 24.3 Å². The first-order chi connectivity index (χ1) is 10.2. The van der Waals surface area contributed by atoms with E-state index in [0.29, 0.717) is 5.75 Å². The molecule has 0 saturated carbocycles. The topological polar surface area (TPSA) is 58.5 Å². The van der Waals surface area contributed by atoms with Crippen LogP contribution in [0, 0.1) is 5.82 Å². The summed E-state index contributed by atoms with van der Waals surface area (Å²) in [5.74, 6) is 0.177. The van der Waals surface area contributed by atoms with Crippen molar-refractivity contribution in [2.24, 2.45) is 0 Å². The number of benzene rings is 1. The molecule has 1 N–H and O–H groups in total. The van der Waals surface area contributed by atoms with Crippen LogP contribution in [0.1, 0.15) is 12.8 Å². The highest BCUT2D eigenvalue weighted by Gasteiger charge is 2.17. The van der Waals surface area contributed by atoms with Crippen LogP contribution in [0.2, 0.25) is 0 Å². The minimum atomic E-state index is -0.314. The molecule has 1 aliphatic heterocycles. The lowest BCUT2D eigenvalue weighted by atomic mass is 10.1. The van der Waals surface area contributed by atoms with Crippen LogP contribution in [0.25, 0.3) is 0 Å². The molecule has 0 spiro atoms. The Bertz CT molecular complexity index is 581. The zero-order valence-electron chi connectivity index (χ0n) is 11.4. The predicted octanol–water partition coefficient (Wildman–Crippen LogP) is 2.37. The molecule has 1 aliphatic rings. The zero-order valence-corrected chi connectivity index (χ0v) is 11.4. The van der Waals surface area contributed by atoms with Crippen LogP contribution >= 0.6 is 0 Å². The molecule has 1 saturated heterocycles. The first-order valence-corrected chi connectivity index (χ1v) is 6.89. The van der Waals surface area contributed by atoms with Crippen molar-refractivity contribution in [2.45, 2.75) is 18.9 Å². The average Bonchev–Trinajstić information content (AvgIpc) is 2.51. The molecular weight excluding hydrogens is 273 g/mol. The normalized spacial score (nSPS) is 16.0. The molecule has 1 fully saturated rings. The number of aromatic nitrogens is 2. The van der Waals surface area contributed by atoms with Crippen molar-refractivity contribution in [3.05, 3.63) is 42.5 Å². The molecule has 0 bridgehead atoms. The van der Waals surface area contributed by atoms with Crippen LogP contribution in [0.3, 0.4) is 0 Å². The van der Waals surface area contributed by atoms with E-state index in [9.17, 15) is 9.50 Å². The molecule has 3 rings (SSSR count). The van der Waals surface area contributed by atoms with E-state index in [1.54, 1.807) is 12.4 Å². The van der Waals surface area contributed by atoms with Crippen molar-refractivity contribution in [1.82, 2.24) is 9.97 Å². The average molecular weight is 289 g/mol. The molecule has 0 unspecified atom stereocenters. The summed E-state index contributed by atoms with van der Waals surface area (Å²) in [4.78, 5) is 10.5. The quantitative estimate of drug-likeness (QED) is 0.940. The molecule has 6 heteroatoms. The summed E-state index contributed by atoms with van der Waals surface area (Å²) in [5, 5.41) is 9.50. The standard InChI is InChI=1S/C15H16FN3O2/c16-11-1-3-14(4-2-11)21-15-17-9-12(10-18-15)19-7-5-13(20)6-8-19/h1-4,9-10,13,20H,5-8H2. The van der Waals surface area contributed by atoms with Gasteiger partial charge in [0.1, 0.15) is 11.6 Å². The van der Waals surface area contributed by atoms with Gasteiger partial charge in [0, 0.05) is 13.1 Å². The summed E-state index contributed by atoms with van der Waals surface area (Å²) in [6.45, 7) is 1.59. The molecule has 2 heterocycles. The van der Waals surface area contributed by atoms with Gasteiger partial charge in [-0.25, -0.2) is 14.4 Å². The molecule has 0 radical (unpaired) electrons. The fraction of sp³-hybridized carbons (Fsp3) is 0.333. The van der Waals surface area contributed by atoms with E-state index >= 15 is 0 Å². The van der Waals surface area contributed by atoms with Gasteiger partial charge in [0.15, 0.2) is 0 Å². The highest BCUT2D eigenvalue weighted by molar-refractivity contribution is 5.43. The summed E-state index contributed by atoms with van der Waals surface area (Å²) in [7, 11) is 0. The molecule has 0 atom stereocenters. The number of anilines is 1. The van der Waals surface area contributed by atoms with E-state index in [1.807, 2.05) is 0 Å². The second-order valence-electron chi connectivity index (χ2n) is 5.00. The van der Waals surface area contributed by atoms with Gasteiger partial charge in [-0.05, 0) is 37.1 Å². The van der Waals surface area contributed by atoms with Crippen molar-refractivity contribution in [3.63, 3.8) is 0 Å². The molecular formula is C15H16FN3O2. The van der Waals surface area contributed by atoms with Gasteiger partial charge in [-0.1, -0.05) is 0 Å². The Morgan fingerprint density at radius 1 is 1.10 bits per heavy atom. The highest BCUT2D eigenvalue weighted by Crippen LogP contribution is 2.21. The van der Waals surface area contributed by atoms with Gasteiger partial charge in [0.05, 0.1) is 24.2 Å². The minimum absolute atomic E-state index is 0.205. The summed E-state index contributed by atoms with van der Waals surface area (Å²) in [6.07, 6.45) is 4.71. The number of aliphatic hydroxyl groups excluding tert-OH is 1. The molecule has 5 nitrogen and oxygen atoms in total. The second-order valence-corrected chi connectivity index (χ2v) is 5.00. The molecule has 1 aromatic carbocycles. The number of aliphatic hydroxyl groups is 1. The number of nitrogens with zero attached hydrogens (tertiary/aromatic N) is 3. The summed E-state index contributed by atoms with van der Waals surface area (Å²) in [6, 6.07) is 5.92. The van der Waals surface area contributed by atoms with Crippen LogP contribution in [0.15, 0.2) is 36.7 Å². The van der Waals surface area contributed by atoms with Crippen LogP contribution in [-0.4, -0.2) is 34.3 Å². The van der Waals surface area contributed by atoms with Crippen molar-refractivity contribution in [3.8, 4) is 11.8 Å². The third-order valence-electron chi connectivity index (χ3n) is 3.47. The first-order valence-electron chi connectivity index (χ1n) is 6.89. The summed E-state index contributed by atoms with van der Waals surface area (Å²) in [5.41, 5.74) is 0.911. The molecule has 1 aromatic heterocycles. The maximum atomic E-state index is 12.8. The largest absolute Gasteiger partial charge is 0.424 e. The van der Waals surface area contributed by atoms with Crippen LogP contribution in [0.5, 0.6) is 11.8 Å². The van der Waals surface area contributed by atoms with Crippen molar-refractivity contribution in [2.75, 3.05) is 18.0 Å². The Hall–Kier alpha value is -2.21. The Labute approximate surface area is 122 Å². The van der Waals surface area contributed by atoms with Crippen molar-refractivity contribution < 1.29 is 14.2 Å². The Morgan fingerprint density at radius 2 is 1.71 bits per heavy atom. The lowest BCUT2D eigenvalue weighted by molar-refractivity contribution is 0.145. The SMILES string of the molecule is OC1CCN(c2cnc(Oc3ccc(F)cc3)nc2)CC1. The van der Waals surface area contributed by atoms with Gasteiger partial charge < -0.3 is 14.7 Å². The summed E-state index contributed by atoms with van der Waals surface area (Å²) >= 11 is 0. The van der Waals surface area contributed by atoms with Crippen LogP contribution in [0.4, 0.5) is 10.1 Å². The molecule has 2 aromatic rings. The van der Waals surface area contributed by atoms with E-state index in [4.69, 9.17) is 4.74 Å². The van der Waals surface area contributed by atoms with E-state index in [-0.39, 0.29) is 17.9 Å². The fourth-order valence-corrected chi connectivity index (χ4v) is 2.26. The molecule has 0 amide bonds. The van der Waals surface area contributed by atoms with Gasteiger partial charge in [0.2, 0.25) is 0 Å². The Kier molecular flexibility index (Phi) is 3.96. The number of hydrogen-bond donors (Lipinski definition) is 1. The van der Waals surface area contributed by atoms with Gasteiger partial charge in [0.25, 0.3) is 0 Å². The first kappa shape index (κ1) is 13.8. The van der Waals surface area contributed by atoms with Crippen molar-refractivity contribution in [1.29, 1.82) is 0 Å². The maximum Gasteiger partial charge on any atom is 0.322 e. The second kappa shape index (κ2) is 6.05. The van der Waals surface area contributed by atoms with Crippen LogP contribution < -0.4 is 9.64 Å². The van der Waals surface area contributed by atoms with Gasteiger partial charge in [-0.2, -0.15) is 0 Å². The number of hydrogen-bond acceptors (Lipinski definition) is 5. The van der Waals surface area contributed by atoms with Crippen molar-refractivity contribution >= 4 is 5.69 Å². The van der Waals surface area contributed by atoms with E-state index in [2.05, 4.69) is 14.9 Å². The third kappa shape index (κ3) is 3.46. The van der Waals surface area contributed by atoms with E-state index in [0.717, 1.165) is 31.6 Å². The minimum Gasteiger partial charge on any atom is -0.424 e. The van der Waals surface area contributed by atoms with Gasteiger partial charge >= 0.3 is 6.01 Å². The molecule has 21 heavy (non-hydrogen) atoms. The Morgan fingerprint density at radius 3 is 2.33 bits per heavy atom. The van der Waals surface area contributed by atoms with Gasteiger partial charge in [-0.3, -0.25) is 0 Å². The zero-order chi connectivity index (χ0) is 14.7. The number of piperidine rings is 1. The van der Waals surface area contributed by atoms with E-state index < -0.39 is 0 Å². The number of halogens is 1. The maximum absolute atomic E-state index is 12.8. The lowest BCUT2D eigenvalue weighted by Crippen LogP contribution is -2.35. The van der Waals surface area contributed by atoms with Gasteiger partial charge in [-0.15, -0.1) is 0 Å². The number of ether oxygens (including phenoxy) is 1. The molecule has 0 aliphatic carbocycles. The Balaban J connectivity index is 1.65.